The molecule has 0 unspecified atom stereocenters. The van der Waals surface area contributed by atoms with Gasteiger partial charge in [0.05, 0.1) is 12.6 Å². The smallest absolute Gasteiger partial charge is 0.303 e. The summed E-state index contributed by atoms with van der Waals surface area (Å²) in [5, 5.41) is 2.94. The summed E-state index contributed by atoms with van der Waals surface area (Å²) in [4.78, 5) is 46.7. The van der Waals surface area contributed by atoms with Crippen LogP contribution in [0.3, 0.4) is 0 Å². The van der Waals surface area contributed by atoms with Crippen molar-refractivity contribution in [2.75, 3.05) is 6.61 Å². The van der Waals surface area contributed by atoms with Crippen molar-refractivity contribution in [3.05, 3.63) is 0 Å². The van der Waals surface area contributed by atoms with Crippen LogP contribution >= 0.6 is 0 Å². The van der Waals surface area contributed by atoms with Gasteiger partial charge < -0.3 is 19.5 Å². The van der Waals surface area contributed by atoms with Gasteiger partial charge in [-0.15, -0.1) is 0 Å². The van der Waals surface area contributed by atoms with Gasteiger partial charge in [0.25, 0.3) is 0 Å². The lowest BCUT2D eigenvalue weighted by Gasteiger charge is -2.52. The van der Waals surface area contributed by atoms with Gasteiger partial charge in [-0.25, -0.2) is 0 Å². The number of esters is 3. The van der Waals surface area contributed by atoms with Crippen LogP contribution in [-0.2, 0) is 33.4 Å². The zero-order valence-electron chi connectivity index (χ0n) is 16.4. The van der Waals surface area contributed by atoms with Crippen molar-refractivity contribution in [3.8, 4) is 0 Å². The topological polar surface area (TPSA) is 108 Å². The Hall–Kier alpha value is -2.12. The molecule has 0 aromatic carbocycles. The van der Waals surface area contributed by atoms with Crippen molar-refractivity contribution in [3.63, 3.8) is 0 Å². The first kappa shape index (κ1) is 21.2. The molecule has 2 saturated carbocycles. The Balaban J connectivity index is 2.43. The lowest BCUT2D eigenvalue weighted by Crippen LogP contribution is -2.65. The maximum absolute atomic E-state index is 11.9. The molecule has 4 atom stereocenters. The van der Waals surface area contributed by atoms with E-state index in [0.717, 1.165) is 25.7 Å². The van der Waals surface area contributed by atoms with E-state index >= 15 is 0 Å². The number of nitrogens with one attached hydrogen (secondary N) is 1. The second-order valence-electron chi connectivity index (χ2n) is 7.58. The monoisotopic (exact) mass is 383 g/mol. The highest BCUT2D eigenvalue weighted by atomic mass is 16.6. The fourth-order valence-electron chi connectivity index (χ4n) is 4.76. The summed E-state index contributed by atoms with van der Waals surface area (Å²) in [6.45, 7) is 5.52. The third-order valence-electron chi connectivity index (χ3n) is 5.64. The van der Waals surface area contributed by atoms with Crippen LogP contribution in [-0.4, -0.2) is 48.7 Å². The fourth-order valence-corrected chi connectivity index (χ4v) is 4.76. The number of carbonyl (C=O) groups excluding carboxylic acids is 4. The van der Waals surface area contributed by atoms with Crippen molar-refractivity contribution in [2.45, 2.75) is 78.0 Å². The molecular weight excluding hydrogens is 354 g/mol. The van der Waals surface area contributed by atoms with Gasteiger partial charge in [0, 0.05) is 39.0 Å². The zero-order chi connectivity index (χ0) is 20.2. The van der Waals surface area contributed by atoms with E-state index in [-0.39, 0.29) is 29.8 Å². The van der Waals surface area contributed by atoms with Crippen molar-refractivity contribution in [1.29, 1.82) is 0 Å². The second kappa shape index (κ2) is 8.71. The predicted molar refractivity (Wildman–Crippen MR) is 94.4 cm³/mol. The van der Waals surface area contributed by atoms with Gasteiger partial charge in [-0.1, -0.05) is 12.8 Å². The number of hydrogen-bond donors (Lipinski definition) is 1. The highest BCUT2D eigenvalue weighted by molar-refractivity contribution is 5.74. The summed E-state index contributed by atoms with van der Waals surface area (Å²) in [5.74, 6) is -1.74. The van der Waals surface area contributed by atoms with E-state index in [1.807, 2.05) is 0 Å². The Morgan fingerprint density at radius 1 is 0.926 bits per heavy atom. The SMILES string of the molecule is CC(=O)N[C@H]1[C@@H](OC(C)=O)[C@H](OC(C)=O)C[C@H](COC(C)=O)C12CCCC2. The van der Waals surface area contributed by atoms with Crippen molar-refractivity contribution >= 4 is 23.8 Å². The van der Waals surface area contributed by atoms with Gasteiger partial charge >= 0.3 is 17.9 Å². The average molecular weight is 383 g/mol. The molecule has 0 saturated heterocycles. The Bertz CT molecular complexity index is 597. The van der Waals surface area contributed by atoms with E-state index in [1.54, 1.807) is 0 Å². The average Bonchev–Trinajstić information content (AvgIpc) is 3.01. The number of amides is 1. The predicted octanol–water partition coefficient (Wildman–Crippen LogP) is 1.50. The fraction of sp³-hybridized carbons (Fsp3) is 0.789. The molecule has 0 aromatic rings. The third-order valence-corrected chi connectivity index (χ3v) is 5.64. The van der Waals surface area contributed by atoms with Crippen LogP contribution in [0.2, 0.25) is 0 Å². The van der Waals surface area contributed by atoms with Crippen LogP contribution < -0.4 is 5.32 Å². The Morgan fingerprint density at radius 3 is 2.00 bits per heavy atom. The maximum atomic E-state index is 11.9. The van der Waals surface area contributed by atoms with Gasteiger partial charge in [-0.2, -0.15) is 0 Å². The molecule has 8 heteroatoms. The minimum Gasteiger partial charge on any atom is -0.466 e. The van der Waals surface area contributed by atoms with E-state index < -0.39 is 30.2 Å². The Labute approximate surface area is 159 Å². The number of carbonyl (C=O) groups is 4. The van der Waals surface area contributed by atoms with Crippen LogP contribution in [0.1, 0.15) is 59.8 Å². The maximum Gasteiger partial charge on any atom is 0.303 e. The van der Waals surface area contributed by atoms with Crippen molar-refractivity contribution < 1.29 is 33.4 Å². The van der Waals surface area contributed by atoms with E-state index in [9.17, 15) is 19.2 Å². The zero-order valence-corrected chi connectivity index (χ0v) is 16.4. The van der Waals surface area contributed by atoms with E-state index in [1.165, 1.54) is 27.7 Å². The molecule has 2 rings (SSSR count). The lowest BCUT2D eigenvalue weighted by atomic mass is 9.60. The summed E-state index contributed by atoms with van der Waals surface area (Å²) >= 11 is 0. The molecule has 0 bridgehead atoms. The first-order valence-corrected chi connectivity index (χ1v) is 9.40. The summed E-state index contributed by atoms with van der Waals surface area (Å²) in [7, 11) is 0. The van der Waals surface area contributed by atoms with E-state index in [2.05, 4.69) is 5.32 Å². The Morgan fingerprint density at radius 2 is 1.52 bits per heavy atom. The molecule has 2 fully saturated rings. The molecule has 27 heavy (non-hydrogen) atoms. The number of hydrogen-bond acceptors (Lipinski definition) is 7. The van der Waals surface area contributed by atoms with Crippen LogP contribution in [0.25, 0.3) is 0 Å². The third kappa shape index (κ3) is 4.99. The standard InChI is InChI=1S/C19H29NO7/c1-11(21)20-18-17(27-14(4)24)16(26-13(3)23)9-15(10-25-12(2)22)19(18)7-5-6-8-19/h15-18H,5-10H2,1-4H3,(H,20,21)/t15-,16-,17+,18+/m1/s1. The number of ether oxygens (including phenoxy) is 3. The van der Waals surface area contributed by atoms with Crippen molar-refractivity contribution in [1.82, 2.24) is 5.32 Å². The molecule has 1 spiro atoms. The highest BCUT2D eigenvalue weighted by Gasteiger charge is 2.58. The summed E-state index contributed by atoms with van der Waals surface area (Å²) in [6, 6.07) is -0.514. The van der Waals surface area contributed by atoms with Gasteiger partial charge in [-0.3, -0.25) is 19.2 Å². The molecule has 2 aliphatic carbocycles. The molecule has 0 radical (unpaired) electrons. The van der Waals surface area contributed by atoms with Crippen LogP contribution in [0.5, 0.6) is 0 Å². The quantitative estimate of drug-likeness (QED) is 0.566. The molecular formula is C19H29NO7. The molecule has 8 nitrogen and oxygen atoms in total. The second-order valence-corrected chi connectivity index (χ2v) is 7.58. The molecule has 1 amide bonds. The summed E-state index contributed by atoms with van der Waals surface area (Å²) in [6.07, 6.45) is 2.48. The minimum atomic E-state index is -0.776. The molecule has 1 N–H and O–H groups in total. The van der Waals surface area contributed by atoms with Gasteiger partial charge in [0.2, 0.25) is 5.91 Å². The van der Waals surface area contributed by atoms with E-state index in [4.69, 9.17) is 14.2 Å². The highest BCUT2D eigenvalue weighted by Crippen LogP contribution is 2.53. The van der Waals surface area contributed by atoms with Gasteiger partial charge in [-0.05, 0) is 19.3 Å². The van der Waals surface area contributed by atoms with Gasteiger partial charge in [0.1, 0.15) is 6.10 Å². The summed E-state index contributed by atoms with van der Waals surface area (Å²) in [5.41, 5.74) is -0.377. The van der Waals surface area contributed by atoms with Crippen LogP contribution in [0, 0.1) is 11.3 Å². The van der Waals surface area contributed by atoms with Crippen LogP contribution in [0.15, 0.2) is 0 Å². The molecule has 0 aromatic heterocycles. The van der Waals surface area contributed by atoms with E-state index in [0.29, 0.717) is 6.42 Å². The molecule has 0 heterocycles. The minimum absolute atomic E-state index is 0.114. The first-order valence-electron chi connectivity index (χ1n) is 9.40. The van der Waals surface area contributed by atoms with Crippen LogP contribution in [0.4, 0.5) is 0 Å². The largest absolute Gasteiger partial charge is 0.466 e. The molecule has 152 valence electrons. The summed E-state index contributed by atoms with van der Waals surface area (Å²) < 4.78 is 16.3. The normalized spacial score (nSPS) is 29.0. The van der Waals surface area contributed by atoms with Crippen molar-refractivity contribution in [2.24, 2.45) is 11.3 Å². The number of rotatable bonds is 5. The first-order chi connectivity index (χ1) is 12.7. The van der Waals surface area contributed by atoms with Gasteiger partial charge in [0.15, 0.2) is 6.10 Å². The molecule has 2 aliphatic rings. The Kier molecular flexibility index (Phi) is 6.84. The molecule has 0 aliphatic heterocycles. The lowest BCUT2D eigenvalue weighted by molar-refractivity contribution is -0.189.